The zero-order chi connectivity index (χ0) is 19.1. The third-order valence-electron chi connectivity index (χ3n) is 3.73. The first-order chi connectivity index (χ1) is 13.2. The molecule has 8 heteroatoms. The van der Waals surface area contributed by atoms with Crippen LogP contribution in [-0.2, 0) is 11.3 Å². The molecule has 0 aliphatic heterocycles. The Labute approximate surface area is 161 Å². The minimum atomic E-state index is -0.265. The van der Waals surface area contributed by atoms with Crippen molar-refractivity contribution in [1.29, 1.82) is 0 Å². The van der Waals surface area contributed by atoms with Crippen LogP contribution in [0.25, 0.3) is 11.4 Å². The van der Waals surface area contributed by atoms with Crippen LogP contribution >= 0.6 is 11.8 Å². The molecule has 27 heavy (non-hydrogen) atoms. The molecule has 3 aromatic rings. The van der Waals surface area contributed by atoms with E-state index in [-0.39, 0.29) is 17.4 Å². The predicted molar refractivity (Wildman–Crippen MR) is 106 cm³/mol. The van der Waals surface area contributed by atoms with Crippen LogP contribution in [0.1, 0.15) is 12.5 Å². The van der Waals surface area contributed by atoms with Gasteiger partial charge in [-0.1, -0.05) is 54.2 Å². The zero-order valence-electron chi connectivity index (χ0n) is 14.7. The van der Waals surface area contributed by atoms with E-state index < -0.39 is 0 Å². The number of carbonyl (C=O) groups excluding carboxylic acids is 1. The van der Waals surface area contributed by atoms with Crippen LogP contribution in [0.5, 0.6) is 5.75 Å². The summed E-state index contributed by atoms with van der Waals surface area (Å²) >= 11 is 1.30. The van der Waals surface area contributed by atoms with Gasteiger partial charge in [-0.2, -0.15) is 5.10 Å². The van der Waals surface area contributed by atoms with Crippen LogP contribution in [0.3, 0.4) is 0 Å². The van der Waals surface area contributed by atoms with Gasteiger partial charge in [0.1, 0.15) is 5.75 Å². The van der Waals surface area contributed by atoms with Crippen molar-refractivity contribution < 1.29 is 9.90 Å². The highest BCUT2D eigenvalue weighted by Gasteiger charge is 2.14. The van der Waals surface area contributed by atoms with Crippen molar-refractivity contribution in [3.05, 3.63) is 60.2 Å². The second kappa shape index (κ2) is 9.00. The minimum Gasteiger partial charge on any atom is -0.507 e. The van der Waals surface area contributed by atoms with E-state index in [0.717, 1.165) is 11.4 Å². The summed E-state index contributed by atoms with van der Waals surface area (Å²) in [5.74, 6) is 0.775. The molecule has 3 rings (SSSR count). The molecule has 1 aromatic heterocycles. The number of amides is 1. The molecule has 2 N–H and O–H groups in total. The number of benzene rings is 2. The largest absolute Gasteiger partial charge is 0.507 e. The van der Waals surface area contributed by atoms with Crippen molar-refractivity contribution >= 4 is 23.9 Å². The summed E-state index contributed by atoms with van der Waals surface area (Å²) in [6.07, 6.45) is 1.40. The molecule has 0 fully saturated rings. The van der Waals surface area contributed by atoms with Crippen molar-refractivity contribution in [2.75, 3.05) is 5.75 Å². The van der Waals surface area contributed by atoms with Gasteiger partial charge in [-0.15, -0.1) is 10.2 Å². The molecular weight excluding hydrogens is 362 g/mol. The molecule has 0 aliphatic carbocycles. The summed E-state index contributed by atoms with van der Waals surface area (Å²) in [6.45, 7) is 2.71. The monoisotopic (exact) mass is 381 g/mol. The highest BCUT2D eigenvalue weighted by Crippen LogP contribution is 2.23. The number of hydrazone groups is 1. The lowest BCUT2D eigenvalue weighted by molar-refractivity contribution is -0.118. The van der Waals surface area contributed by atoms with Gasteiger partial charge in [0.05, 0.1) is 12.0 Å². The second-order valence-electron chi connectivity index (χ2n) is 5.56. The molecule has 7 nitrogen and oxygen atoms in total. The Bertz CT molecular complexity index is 940. The molecular formula is C19H19N5O2S. The molecule has 0 atom stereocenters. The van der Waals surface area contributed by atoms with Crippen molar-refractivity contribution in [3.8, 4) is 17.1 Å². The third-order valence-corrected chi connectivity index (χ3v) is 4.69. The van der Waals surface area contributed by atoms with E-state index >= 15 is 0 Å². The van der Waals surface area contributed by atoms with Crippen LogP contribution in [0.2, 0.25) is 0 Å². The summed E-state index contributed by atoms with van der Waals surface area (Å²) in [6, 6.07) is 16.6. The normalized spacial score (nSPS) is 11.0. The molecule has 0 unspecified atom stereocenters. The van der Waals surface area contributed by atoms with E-state index in [0.29, 0.717) is 17.3 Å². The topological polar surface area (TPSA) is 92.4 Å². The molecule has 1 heterocycles. The number of phenolic OH excluding ortho intramolecular Hbond substituents is 1. The summed E-state index contributed by atoms with van der Waals surface area (Å²) in [7, 11) is 0. The molecule has 0 radical (unpaired) electrons. The Balaban J connectivity index is 1.59. The highest BCUT2D eigenvalue weighted by atomic mass is 32.2. The SMILES string of the molecule is CCn1c(SCC(=O)NN=Cc2ccccc2O)nnc1-c1ccccc1. The average Bonchev–Trinajstić information content (AvgIpc) is 3.11. The molecule has 0 bridgehead atoms. The third kappa shape index (κ3) is 4.73. The molecule has 1 amide bonds. The molecule has 0 aliphatic rings. The van der Waals surface area contributed by atoms with Gasteiger partial charge in [0, 0.05) is 17.7 Å². The van der Waals surface area contributed by atoms with Gasteiger partial charge in [-0.25, -0.2) is 5.43 Å². The van der Waals surface area contributed by atoms with Crippen LogP contribution in [-0.4, -0.2) is 37.7 Å². The summed E-state index contributed by atoms with van der Waals surface area (Å²) < 4.78 is 1.97. The Morgan fingerprint density at radius 2 is 1.93 bits per heavy atom. The minimum absolute atomic E-state index is 0.106. The number of hydrogen-bond acceptors (Lipinski definition) is 6. The van der Waals surface area contributed by atoms with Crippen LogP contribution < -0.4 is 5.43 Å². The number of nitrogens with zero attached hydrogens (tertiary/aromatic N) is 4. The lowest BCUT2D eigenvalue weighted by Gasteiger charge is -2.06. The van der Waals surface area contributed by atoms with E-state index in [4.69, 9.17) is 0 Å². The Morgan fingerprint density at radius 3 is 2.67 bits per heavy atom. The van der Waals surface area contributed by atoms with Crippen LogP contribution in [0, 0.1) is 0 Å². The first kappa shape index (κ1) is 18.7. The fourth-order valence-electron chi connectivity index (χ4n) is 2.41. The number of hydrogen-bond donors (Lipinski definition) is 2. The molecule has 0 spiro atoms. The lowest BCUT2D eigenvalue weighted by atomic mass is 10.2. The van der Waals surface area contributed by atoms with E-state index in [1.54, 1.807) is 24.3 Å². The van der Waals surface area contributed by atoms with Gasteiger partial charge in [0.25, 0.3) is 5.91 Å². The van der Waals surface area contributed by atoms with Gasteiger partial charge in [-0.3, -0.25) is 4.79 Å². The summed E-state index contributed by atoms with van der Waals surface area (Å²) in [4.78, 5) is 12.0. The highest BCUT2D eigenvalue weighted by molar-refractivity contribution is 7.99. The fraction of sp³-hybridized carbons (Fsp3) is 0.158. The lowest BCUT2D eigenvalue weighted by Crippen LogP contribution is -2.20. The maximum Gasteiger partial charge on any atom is 0.250 e. The number of thioether (sulfide) groups is 1. The zero-order valence-corrected chi connectivity index (χ0v) is 15.6. The number of aromatic hydroxyl groups is 1. The van der Waals surface area contributed by atoms with Crippen LogP contribution in [0.15, 0.2) is 64.9 Å². The standard InChI is InChI=1S/C19H19N5O2S/c1-2-24-18(14-8-4-3-5-9-14)22-23-19(24)27-13-17(26)21-20-12-15-10-6-7-11-16(15)25/h3-12,25H,2,13H2,1H3,(H,21,26). The van der Waals surface area contributed by atoms with Crippen LogP contribution in [0.4, 0.5) is 0 Å². The van der Waals surface area contributed by atoms with Gasteiger partial charge in [0.15, 0.2) is 11.0 Å². The van der Waals surface area contributed by atoms with Gasteiger partial charge in [0.2, 0.25) is 0 Å². The first-order valence-electron chi connectivity index (χ1n) is 8.40. The number of aromatic nitrogens is 3. The summed E-state index contributed by atoms with van der Waals surface area (Å²) in [5, 5.41) is 22.7. The van der Waals surface area contributed by atoms with Crippen molar-refractivity contribution in [2.24, 2.45) is 5.10 Å². The van der Waals surface area contributed by atoms with Gasteiger partial charge >= 0.3 is 0 Å². The average molecular weight is 381 g/mol. The van der Waals surface area contributed by atoms with Crippen molar-refractivity contribution in [1.82, 2.24) is 20.2 Å². The molecule has 0 saturated heterocycles. The summed E-state index contributed by atoms with van der Waals surface area (Å²) in [5.41, 5.74) is 3.96. The van der Waals surface area contributed by atoms with Crippen molar-refractivity contribution in [2.45, 2.75) is 18.6 Å². The molecule has 0 saturated carbocycles. The van der Waals surface area contributed by atoms with E-state index in [1.165, 1.54) is 18.0 Å². The Morgan fingerprint density at radius 1 is 1.19 bits per heavy atom. The van der Waals surface area contributed by atoms with Gasteiger partial charge in [-0.05, 0) is 19.1 Å². The number of phenols is 1. The first-order valence-corrected chi connectivity index (χ1v) is 9.39. The van der Waals surface area contributed by atoms with E-state index in [1.807, 2.05) is 41.8 Å². The molecule has 2 aromatic carbocycles. The number of carbonyl (C=O) groups is 1. The number of para-hydroxylation sites is 1. The Hall–Kier alpha value is -3.13. The fourth-order valence-corrected chi connectivity index (χ4v) is 3.21. The second-order valence-corrected chi connectivity index (χ2v) is 6.50. The maximum atomic E-state index is 12.0. The Kier molecular flexibility index (Phi) is 6.22. The van der Waals surface area contributed by atoms with Crippen molar-refractivity contribution in [3.63, 3.8) is 0 Å². The van der Waals surface area contributed by atoms with Gasteiger partial charge < -0.3 is 9.67 Å². The molecule has 138 valence electrons. The number of nitrogens with one attached hydrogen (secondary N) is 1. The predicted octanol–water partition coefficient (Wildman–Crippen LogP) is 2.91. The van der Waals surface area contributed by atoms with E-state index in [2.05, 4.69) is 20.7 Å². The number of rotatable bonds is 7. The van der Waals surface area contributed by atoms with E-state index in [9.17, 15) is 9.90 Å². The quantitative estimate of drug-likeness (QED) is 0.373. The maximum absolute atomic E-state index is 12.0. The smallest absolute Gasteiger partial charge is 0.250 e.